The largest absolute Gasteiger partial charge is 0.489 e. The lowest BCUT2D eigenvalue weighted by Crippen LogP contribution is -2.30. The number of ether oxygens (including phenoxy) is 2. The Kier molecular flexibility index (Phi) is 8.30. The van der Waals surface area contributed by atoms with Crippen molar-refractivity contribution in [3.63, 3.8) is 0 Å². The molecule has 1 aliphatic heterocycles. The van der Waals surface area contributed by atoms with E-state index < -0.39 is 12.0 Å². The minimum Gasteiger partial charge on any atom is -0.489 e. The van der Waals surface area contributed by atoms with Crippen LogP contribution in [-0.2, 0) is 16.1 Å². The molecule has 3 aromatic rings. The lowest BCUT2D eigenvalue weighted by atomic mass is 9.95. The maximum atomic E-state index is 13.2. The van der Waals surface area contributed by atoms with Crippen LogP contribution in [0.25, 0.3) is 0 Å². The number of allylic oxidation sites excluding steroid dienone is 1. The van der Waals surface area contributed by atoms with Crippen molar-refractivity contribution < 1.29 is 14.3 Å². The molecular weight excluding hydrogens is 528 g/mol. The molecule has 2 aromatic carbocycles. The molecule has 182 valence electrons. The third kappa shape index (κ3) is 5.79. The number of carbonyl (C=O) groups is 1. The van der Waals surface area contributed by atoms with Crippen LogP contribution in [0.5, 0.6) is 5.75 Å². The summed E-state index contributed by atoms with van der Waals surface area (Å²) in [5.41, 5.74) is 2.92. The molecule has 1 aliphatic rings. The first-order valence-corrected chi connectivity index (χ1v) is 13.1. The summed E-state index contributed by atoms with van der Waals surface area (Å²) in [6.07, 6.45) is 2.55. The van der Waals surface area contributed by atoms with Crippen molar-refractivity contribution in [3.8, 4) is 5.75 Å². The van der Waals surface area contributed by atoms with E-state index in [1.54, 1.807) is 22.5 Å². The van der Waals surface area contributed by atoms with E-state index in [1.807, 2.05) is 55.5 Å². The summed E-state index contributed by atoms with van der Waals surface area (Å²) in [6, 6.07) is 15.1. The first-order chi connectivity index (χ1) is 17.0. The molecule has 0 aliphatic carbocycles. The van der Waals surface area contributed by atoms with Gasteiger partial charge in [0, 0.05) is 21.5 Å². The van der Waals surface area contributed by atoms with Gasteiger partial charge < -0.3 is 14.8 Å². The Balaban J connectivity index is 1.79. The van der Waals surface area contributed by atoms with Crippen LogP contribution in [0.15, 0.2) is 82.1 Å². The molecular formula is C26H27BrN4O3S. The molecule has 0 fully saturated rings. The molecule has 0 spiro atoms. The minimum absolute atomic E-state index is 0.111. The molecule has 1 N–H and O–H groups in total. The fourth-order valence-electron chi connectivity index (χ4n) is 3.75. The van der Waals surface area contributed by atoms with Crippen molar-refractivity contribution in [2.75, 3.05) is 17.7 Å². The summed E-state index contributed by atoms with van der Waals surface area (Å²) in [5.74, 6) is 1.67. The zero-order valence-electron chi connectivity index (χ0n) is 19.7. The van der Waals surface area contributed by atoms with E-state index in [0.717, 1.165) is 27.8 Å². The van der Waals surface area contributed by atoms with Crippen LogP contribution in [0.2, 0.25) is 0 Å². The number of nitrogens with zero attached hydrogens (tertiary/aromatic N) is 3. The molecule has 0 saturated heterocycles. The lowest BCUT2D eigenvalue weighted by Gasteiger charge is -2.29. The molecule has 35 heavy (non-hydrogen) atoms. The highest BCUT2D eigenvalue weighted by molar-refractivity contribution is 9.10. The maximum absolute atomic E-state index is 13.2. The maximum Gasteiger partial charge on any atom is 0.338 e. The predicted molar refractivity (Wildman–Crippen MR) is 142 cm³/mol. The molecule has 0 saturated carbocycles. The van der Waals surface area contributed by atoms with Crippen molar-refractivity contribution in [2.24, 2.45) is 0 Å². The topological polar surface area (TPSA) is 78.3 Å². The minimum atomic E-state index is -0.588. The molecule has 7 nitrogen and oxygen atoms in total. The van der Waals surface area contributed by atoms with Gasteiger partial charge in [-0.25, -0.2) is 9.48 Å². The van der Waals surface area contributed by atoms with Crippen LogP contribution in [0, 0.1) is 0 Å². The number of hydrogen-bond acceptors (Lipinski definition) is 7. The van der Waals surface area contributed by atoms with E-state index in [-0.39, 0.29) is 6.61 Å². The average molecular weight is 555 g/mol. The Bertz CT molecular complexity index is 1240. The van der Waals surface area contributed by atoms with Crippen molar-refractivity contribution in [1.82, 2.24) is 14.8 Å². The zero-order valence-corrected chi connectivity index (χ0v) is 22.1. The van der Waals surface area contributed by atoms with E-state index >= 15 is 0 Å². The first-order valence-electron chi connectivity index (χ1n) is 11.3. The third-order valence-corrected chi connectivity index (χ3v) is 6.86. The van der Waals surface area contributed by atoms with Crippen molar-refractivity contribution in [1.29, 1.82) is 0 Å². The molecule has 4 rings (SSSR count). The molecule has 9 heteroatoms. The fourth-order valence-corrected chi connectivity index (χ4v) is 4.81. The number of benzene rings is 2. The number of carbonyl (C=O) groups excluding carboxylic acids is 1. The summed E-state index contributed by atoms with van der Waals surface area (Å²) in [7, 11) is 0. The van der Waals surface area contributed by atoms with Crippen LogP contribution in [0.3, 0.4) is 0 Å². The SMILES string of the molecule is C=CCOC(=O)C1=C(C)Nc2nc(SCCC)nn2C1c1cc(Br)ccc1OCc1ccccc1. The molecule has 2 heterocycles. The zero-order chi connectivity index (χ0) is 24.8. The van der Waals surface area contributed by atoms with Gasteiger partial charge in [0.05, 0.1) is 5.57 Å². The monoisotopic (exact) mass is 554 g/mol. The van der Waals surface area contributed by atoms with Gasteiger partial charge in [-0.2, -0.15) is 4.98 Å². The van der Waals surface area contributed by atoms with Gasteiger partial charge in [0.25, 0.3) is 0 Å². The summed E-state index contributed by atoms with van der Waals surface area (Å²) in [4.78, 5) is 17.9. The molecule has 0 bridgehead atoms. The van der Waals surface area contributed by atoms with Gasteiger partial charge in [-0.1, -0.05) is 77.6 Å². The Morgan fingerprint density at radius 3 is 2.83 bits per heavy atom. The lowest BCUT2D eigenvalue weighted by molar-refractivity contribution is -0.138. The van der Waals surface area contributed by atoms with Gasteiger partial charge in [0.1, 0.15) is 25.0 Å². The number of rotatable bonds is 10. The highest BCUT2D eigenvalue weighted by Gasteiger charge is 2.37. The Morgan fingerprint density at radius 2 is 2.09 bits per heavy atom. The second kappa shape index (κ2) is 11.6. The fraction of sp³-hybridized carbons (Fsp3) is 0.269. The average Bonchev–Trinajstić information content (AvgIpc) is 3.27. The molecule has 1 aromatic heterocycles. The number of fused-ring (bicyclic) bond motifs is 1. The smallest absolute Gasteiger partial charge is 0.338 e. The standard InChI is InChI=1S/C26H27BrN4O3S/c1-4-13-33-24(32)22-17(3)28-25-29-26(35-14-5-2)30-31(25)23(22)20-15-19(27)11-12-21(20)34-16-18-9-7-6-8-10-18/h4,6-12,15,23H,1,5,13-14,16H2,2-3H3,(H,28,29,30). The van der Waals surface area contributed by atoms with Crippen LogP contribution in [-0.4, -0.2) is 33.1 Å². The Labute approximate surface area is 217 Å². The molecule has 1 atom stereocenters. The number of hydrogen-bond donors (Lipinski definition) is 1. The summed E-state index contributed by atoms with van der Waals surface area (Å²) >= 11 is 5.17. The Hall–Kier alpha value is -3.04. The van der Waals surface area contributed by atoms with E-state index in [2.05, 4.69) is 39.7 Å². The molecule has 0 radical (unpaired) electrons. The first kappa shape index (κ1) is 25.1. The van der Waals surface area contributed by atoms with Crippen molar-refractivity contribution >= 4 is 39.6 Å². The number of aromatic nitrogens is 3. The van der Waals surface area contributed by atoms with Crippen molar-refractivity contribution in [3.05, 3.63) is 88.1 Å². The van der Waals surface area contributed by atoms with Gasteiger partial charge in [-0.3, -0.25) is 0 Å². The number of nitrogens with one attached hydrogen (secondary N) is 1. The summed E-state index contributed by atoms with van der Waals surface area (Å²) in [5, 5.41) is 8.64. The van der Waals surface area contributed by atoms with E-state index in [1.165, 1.54) is 0 Å². The van der Waals surface area contributed by atoms with Crippen molar-refractivity contribution in [2.45, 2.75) is 38.1 Å². The highest BCUT2D eigenvalue weighted by Crippen LogP contribution is 2.41. The number of esters is 1. The predicted octanol–water partition coefficient (Wildman–Crippen LogP) is 6.14. The van der Waals surface area contributed by atoms with Gasteiger partial charge in [0.15, 0.2) is 0 Å². The Morgan fingerprint density at radius 1 is 1.29 bits per heavy atom. The number of thioether (sulfide) groups is 1. The second-order valence-electron chi connectivity index (χ2n) is 7.92. The molecule has 1 unspecified atom stereocenters. The van der Waals surface area contributed by atoms with E-state index in [4.69, 9.17) is 14.6 Å². The van der Waals surface area contributed by atoms with Gasteiger partial charge in [-0.15, -0.1) is 5.10 Å². The van der Waals surface area contributed by atoms with Crippen LogP contribution < -0.4 is 10.1 Å². The number of halogens is 1. The van der Waals surface area contributed by atoms with Crippen LogP contribution >= 0.6 is 27.7 Å². The van der Waals surface area contributed by atoms with Gasteiger partial charge in [-0.05, 0) is 37.1 Å². The van der Waals surface area contributed by atoms with E-state index in [9.17, 15) is 4.79 Å². The van der Waals surface area contributed by atoms with E-state index in [0.29, 0.717) is 34.7 Å². The van der Waals surface area contributed by atoms with Crippen LogP contribution in [0.1, 0.15) is 37.4 Å². The van der Waals surface area contributed by atoms with Gasteiger partial charge >= 0.3 is 5.97 Å². The van der Waals surface area contributed by atoms with Gasteiger partial charge in [0.2, 0.25) is 11.1 Å². The quantitative estimate of drug-likeness (QED) is 0.183. The summed E-state index contributed by atoms with van der Waals surface area (Å²) in [6.45, 7) is 8.11. The summed E-state index contributed by atoms with van der Waals surface area (Å²) < 4.78 is 14.3. The number of anilines is 1. The van der Waals surface area contributed by atoms with Crippen LogP contribution in [0.4, 0.5) is 5.95 Å². The second-order valence-corrected chi connectivity index (χ2v) is 9.90. The highest BCUT2D eigenvalue weighted by atomic mass is 79.9. The molecule has 0 amide bonds. The third-order valence-electron chi connectivity index (χ3n) is 5.32. The normalized spacial score (nSPS) is 14.8.